The van der Waals surface area contributed by atoms with Gasteiger partial charge in [0.15, 0.2) is 0 Å². The van der Waals surface area contributed by atoms with Crippen molar-refractivity contribution in [3.05, 3.63) is 28.0 Å². The number of pyridine rings is 1. The maximum Gasteiger partial charge on any atom is 0.129 e. The molecule has 0 aromatic carbocycles. The maximum atomic E-state index is 6.13. The number of nitrogens with zero attached hydrogens (tertiary/aromatic N) is 3. The molecule has 0 aliphatic carbocycles. The van der Waals surface area contributed by atoms with Crippen LogP contribution in [0, 0.1) is 0 Å². The van der Waals surface area contributed by atoms with E-state index in [0.29, 0.717) is 10.2 Å². The van der Waals surface area contributed by atoms with Gasteiger partial charge < -0.3 is 4.90 Å². The second kappa shape index (κ2) is 7.95. The minimum Gasteiger partial charge on any atom is -0.309 e. The first-order valence-electron chi connectivity index (χ1n) is 6.21. The van der Waals surface area contributed by atoms with Crippen molar-refractivity contribution < 1.29 is 0 Å². The van der Waals surface area contributed by atoms with Gasteiger partial charge in [-0.1, -0.05) is 30.1 Å². The van der Waals surface area contributed by atoms with Crippen molar-refractivity contribution >= 4 is 23.2 Å². The van der Waals surface area contributed by atoms with Crippen molar-refractivity contribution in [3.8, 4) is 0 Å². The van der Waals surface area contributed by atoms with Crippen LogP contribution in [0.5, 0.6) is 0 Å². The molecular weight excluding hydrogens is 269 g/mol. The molecule has 0 saturated carbocycles. The largest absolute Gasteiger partial charge is 0.309 e. The SMILES string of the molecule is CCN(CCCN(C)C)Cc1nc(Cl)ccc1Cl. The lowest BCUT2D eigenvalue weighted by Crippen LogP contribution is -2.27. The van der Waals surface area contributed by atoms with Crippen molar-refractivity contribution in [2.24, 2.45) is 0 Å². The molecule has 0 unspecified atom stereocenters. The highest BCUT2D eigenvalue weighted by molar-refractivity contribution is 6.32. The van der Waals surface area contributed by atoms with E-state index in [4.69, 9.17) is 23.2 Å². The molecule has 0 fully saturated rings. The van der Waals surface area contributed by atoms with E-state index in [1.54, 1.807) is 12.1 Å². The van der Waals surface area contributed by atoms with E-state index in [2.05, 4.69) is 35.8 Å². The predicted molar refractivity (Wildman–Crippen MR) is 78.4 cm³/mol. The Labute approximate surface area is 120 Å². The van der Waals surface area contributed by atoms with Crippen molar-refractivity contribution in [2.45, 2.75) is 19.9 Å². The zero-order valence-corrected chi connectivity index (χ0v) is 12.8. The summed E-state index contributed by atoms with van der Waals surface area (Å²) in [5.41, 5.74) is 0.857. The number of halogens is 2. The van der Waals surface area contributed by atoms with Crippen molar-refractivity contribution in [2.75, 3.05) is 33.7 Å². The second-order valence-electron chi connectivity index (χ2n) is 4.59. The van der Waals surface area contributed by atoms with Gasteiger partial charge in [0.2, 0.25) is 0 Å². The smallest absolute Gasteiger partial charge is 0.129 e. The molecule has 0 aliphatic heterocycles. The van der Waals surface area contributed by atoms with Gasteiger partial charge in [-0.3, -0.25) is 4.90 Å². The van der Waals surface area contributed by atoms with Crippen LogP contribution in [0.1, 0.15) is 19.0 Å². The molecule has 1 aromatic rings. The summed E-state index contributed by atoms with van der Waals surface area (Å²) >= 11 is 12.0. The minimum absolute atomic E-state index is 0.499. The molecule has 18 heavy (non-hydrogen) atoms. The van der Waals surface area contributed by atoms with E-state index in [1.807, 2.05) is 0 Å². The van der Waals surface area contributed by atoms with Crippen LogP contribution in [0.4, 0.5) is 0 Å². The Morgan fingerprint density at radius 2 is 1.89 bits per heavy atom. The maximum absolute atomic E-state index is 6.13. The Hall–Kier alpha value is -0.350. The zero-order chi connectivity index (χ0) is 13.5. The first-order chi connectivity index (χ1) is 8.52. The van der Waals surface area contributed by atoms with Crippen LogP contribution in [-0.4, -0.2) is 48.5 Å². The van der Waals surface area contributed by atoms with Crippen LogP contribution in [0.25, 0.3) is 0 Å². The highest BCUT2D eigenvalue weighted by Gasteiger charge is 2.09. The quantitative estimate of drug-likeness (QED) is 0.719. The summed E-state index contributed by atoms with van der Waals surface area (Å²) in [5.74, 6) is 0. The molecule has 1 aromatic heterocycles. The Kier molecular flexibility index (Phi) is 6.94. The molecule has 102 valence electrons. The number of rotatable bonds is 7. The van der Waals surface area contributed by atoms with Crippen LogP contribution in [0.3, 0.4) is 0 Å². The normalized spacial score (nSPS) is 11.5. The fraction of sp³-hybridized carbons (Fsp3) is 0.615. The zero-order valence-electron chi connectivity index (χ0n) is 11.3. The van der Waals surface area contributed by atoms with Gasteiger partial charge in [-0.05, 0) is 52.3 Å². The van der Waals surface area contributed by atoms with Gasteiger partial charge in [-0.25, -0.2) is 4.98 Å². The average molecular weight is 290 g/mol. The van der Waals surface area contributed by atoms with Crippen molar-refractivity contribution in [1.82, 2.24) is 14.8 Å². The third kappa shape index (κ3) is 5.53. The topological polar surface area (TPSA) is 19.4 Å². The Bertz CT molecular complexity index is 369. The number of hydrogen-bond donors (Lipinski definition) is 0. The summed E-state index contributed by atoms with van der Waals surface area (Å²) in [6.45, 7) is 6.02. The van der Waals surface area contributed by atoms with Crippen molar-refractivity contribution in [1.29, 1.82) is 0 Å². The molecule has 0 spiro atoms. The van der Waals surface area contributed by atoms with Gasteiger partial charge in [-0.2, -0.15) is 0 Å². The van der Waals surface area contributed by atoms with Crippen LogP contribution in [0.15, 0.2) is 12.1 Å². The monoisotopic (exact) mass is 289 g/mol. The highest BCUT2D eigenvalue weighted by atomic mass is 35.5. The summed E-state index contributed by atoms with van der Waals surface area (Å²) in [7, 11) is 4.18. The van der Waals surface area contributed by atoms with Gasteiger partial charge in [-0.15, -0.1) is 0 Å². The lowest BCUT2D eigenvalue weighted by molar-refractivity contribution is 0.257. The summed E-state index contributed by atoms with van der Waals surface area (Å²) in [6, 6.07) is 3.52. The summed E-state index contributed by atoms with van der Waals surface area (Å²) < 4.78 is 0. The first kappa shape index (κ1) is 15.7. The highest BCUT2D eigenvalue weighted by Crippen LogP contribution is 2.18. The molecule has 0 bridgehead atoms. The minimum atomic E-state index is 0.499. The summed E-state index contributed by atoms with van der Waals surface area (Å²) in [5, 5.41) is 1.18. The standard InChI is InChI=1S/C13H21Cl2N3/c1-4-18(9-5-8-17(2)3)10-12-11(14)6-7-13(15)16-12/h6-7H,4-5,8-10H2,1-3H3. The van der Waals surface area contributed by atoms with Crippen LogP contribution < -0.4 is 0 Å². The van der Waals surface area contributed by atoms with Crippen LogP contribution in [0.2, 0.25) is 10.2 Å². The Morgan fingerprint density at radius 1 is 1.17 bits per heavy atom. The molecule has 0 aliphatic rings. The van der Waals surface area contributed by atoms with Crippen LogP contribution in [-0.2, 0) is 6.54 Å². The van der Waals surface area contributed by atoms with Gasteiger partial charge >= 0.3 is 0 Å². The number of hydrogen-bond acceptors (Lipinski definition) is 3. The summed E-state index contributed by atoms with van der Waals surface area (Å²) in [4.78, 5) is 8.81. The van der Waals surface area contributed by atoms with Gasteiger partial charge in [0, 0.05) is 6.54 Å². The average Bonchev–Trinajstić information content (AvgIpc) is 2.32. The lowest BCUT2D eigenvalue weighted by atomic mass is 10.3. The Balaban J connectivity index is 2.54. The fourth-order valence-electron chi connectivity index (χ4n) is 1.74. The molecule has 5 heteroatoms. The van der Waals surface area contributed by atoms with E-state index in [9.17, 15) is 0 Å². The molecule has 0 atom stereocenters. The van der Waals surface area contributed by atoms with Gasteiger partial charge in [0.1, 0.15) is 5.15 Å². The molecule has 1 heterocycles. The molecule has 3 nitrogen and oxygen atoms in total. The van der Waals surface area contributed by atoms with E-state index < -0.39 is 0 Å². The van der Waals surface area contributed by atoms with E-state index in [0.717, 1.165) is 38.3 Å². The fourth-order valence-corrected chi connectivity index (χ4v) is 2.07. The Morgan fingerprint density at radius 3 is 2.50 bits per heavy atom. The molecular formula is C13H21Cl2N3. The third-order valence-electron chi connectivity index (χ3n) is 2.78. The molecule has 0 radical (unpaired) electrons. The molecule has 0 saturated heterocycles. The predicted octanol–water partition coefficient (Wildman–Crippen LogP) is 3.16. The first-order valence-corrected chi connectivity index (χ1v) is 6.96. The molecule has 1 rings (SSSR count). The number of aromatic nitrogens is 1. The van der Waals surface area contributed by atoms with E-state index >= 15 is 0 Å². The van der Waals surface area contributed by atoms with E-state index in [-0.39, 0.29) is 0 Å². The van der Waals surface area contributed by atoms with Gasteiger partial charge in [0.25, 0.3) is 0 Å². The van der Waals surface area contributed by atoms with Gasteiger partial charge in [0.05, 0.1) is 10.7 Å². The third-order valence-corrected chi connectivity index (χ3v) is 3.34. The van der Waals surface area contributed by atoms with E-state index in [1.165, 1.54) is 0 Å². The summed E-state index contributed by atoms with van der Waals surface area (Å²) in [6.07, 6.45) is 1.14. The molecule has 0 amide bonds. The van der Waals surface area contributed by atoms with Crippen molar-refractivity contribution in [3.63, 3.8) is 0 Å². The second-order valence-corrected chi connectivity index (χ2v) is 5.38. The lowest BCUT2D eigenvalue weighted by Gasteiger charge is -2.21. The molecule has 0 N–H and O–H groups in total. The van der Waals surface area contributed by atoms with Crippen LogP contribution >= 0.6 is 23.2 Å².